The minimum atomic E-state index is 1.01. The summed E-state index contributed by atoms with van der Waals surface area (Å²) in [6, 6.07) is 6.60. The Morgan fingerprint density at radius 1 is 1.31 bits per heavy atom. The molecule has 0 spiro atoms. The smallest absolute Gasteiger partial charge is 0.0378 e. The molecule has 82 valence electrons. The van der Waals surface area contributed by atoms with E-state index in [0.29, 0.717) is 0 Å². The number of hydrogen-bond donors (Lipinski definition) is 1. The van der Waals surface area contributed by atoms with Crippen LogP contribution in [0.4, 0.5) is 0 Å². The molecule has 3 rings (SSSR count). The van der Waals surface area contributed by atoms with Gasteiger partial charge >= 0.3 is 0 Å². The monoisotopic (exact) mass is 229 g/mol. The van der Waals surface area contributed by atoms with Crippen LogP contribution < -0.4 is 5.32 Å². The Bertz CT molecular complexity index is 551. The first-order valence-corrected chi connectivity index (χ1v) is 6.61. The maximum Gasteiger partial charge on any atom is 0.0378 e. The Morgan fingerprint density at radius 3 is 3.06 bits per heavy atom. The summed E-state index contributed by atoms with van der Waals surface area (Å²) in [5.41, 5.74) is 4.35. The van der Waals surface area contributed by atoms with Gasteiger partial charge in [0.15, 0.2) is 0 Å². The standard InChI is InChI=1S/C14H15NS/c1-10-3-2-4-12-13(9-16-14(10)12)11-5-7-15-8-6-11/h2-5,9,15H,6-8H2,1H3. The Kier molecular flexibility index (Phi) is 2.54. The molecule has 0 radical (unpaired) electrons. The van der Waals surface area contributed by atoms with Gasteiger partial charge in [0.1, 0.15) is 0 Å². The van der Waals surface area contributed by atoms with E-state index in [9.17, 15) is 0 Å². The van der Waals surface area contributed by atoms with E-state index in [1.807, 2.05) is 11.3 Å². The number of rotatable bonds is 1. The molecule has 0 bridgehead atoms. The fraction of sp³-hybridized carbons (Fsp3) is 0.286. The van der Waals surface area contributed by atoms with Crippen molar-refractivity contribution in [2.75, 3.05) is 13.1 Å². The van der Waals surface area contributed by atoms with Crippen LogP contribution in [-0.4, -0.2) is 13.1 Å². The number of hydrogen-bond acceptors (Lipinski definition) is 2. The quantitative estimate of drug-likeness (QED) is 0.788. The van der Waals surface area contributed by atoms with E-state index in [2.05, 4.69) is 41.9 Å². The van der Waals surface area contributed by atoms with Crippen molar-refractivity contribution in [1.29, 1.82) is 0 Å². The van der Waals surface area contributed by atoms with Crippen LogP contribution in [0.5, 0.6) is 0 Å². The molecular weight excluding hydrogens is 214 g/mol. The second kappa shape index (κ2) is 4.04. The van der Waals surface area contributed by atoms with E-state index in [1.165, 1.54) is 26.8 Å². The molecule has 1 aliphatic heterocycles. The van der Waals surface area contributed by atoms with Crippen molar-refractivity contribution in [2.45, 2.75) is 13.3 Å². The third-order valence-corrected chi connectivity index (χ3v) is 4.34. The third-order valence-electron chi connectivity index (χ3n) is 3.21. The number of fused-ring (bicyclic) bond motifs is 1. The van der Waals surface area contributed by atoms with Gasteiger partial charge in [0.05, 0.1) is 0 Å². The Labute approximate surface area is 99.8 Å². The van der Waals surface area contributed by atoms with Gasteiger partial charge in [0.25, 0.3) is 0 Å². The Morgan fingerprint density at radius 2 is 2.25 bits per heavy atom. The van der Waals surface area contributed by atoms with Crippen LogP contribution in [-0.2, 0) is 0 Å². The lowest BCUT2D eigenvalue weighted by molar-refractivity contribution is 0.739. The van der Waals surface area contributed by atoms with Crippen LogP contribution in [0.15, 0.2) is 29.7 Å². The SMILES string of the molecule is Cc1cccc2c(C3=CCNCC3)csc12. The van der Waals surface area contributed by atoms with Crippen LogP contribution in [0.2, 0.25) is 0 Å². The first-order chi connectivity index (χ1) is 7.86. The molecule has 1 N–H and O–H groups in total. The average molecular weight is 229 g/mol. The average Bonchev–Trinajstić information content (AvgIpc) is 2.75. The molecular formula is C14H15NS. The van der Waals surface area contributed by atoms with Gasteiger partial charge in [-0.1, -0.05) is 24.3 Å². The van der Waals surface area contributed by atoms with Crippen molar-refractivity contribution in [3.8, 4) is 0 Å². The second-order valence-electron chi connectivity index (χ2n) is 4.28. The first kappa shape index (κ1) is 10.1. The molecule has 1 aromatic heterocycles. The molecule has 0 saturated carbocycles. The lowest BCUT2D eigenvalue weighted by atomic mass is 9.99. The van der Waals surface area contributed by atoms with Crippen LogP contribution in [0.3, 0.4) is 0 Å². The van der Waals surface area contributed by atoms with Crippen molar-refractivity contribution >= 4 is 27.0 Å². The van der Waals surface area contributed by atoms with E-state index >= 15 is 0 Å². The predicted octanol–water partition coefficient (Wildman–Crippen LogP) is 3.59. The summed E-state index contributed by atoms with van der Waals surface area (Å²) in [5, 5.41) is 7.11. The molecule has 1 aliphatic rings. The van der Waals surface area contributed by atoms with E-state index in [0.717, 1.165) is 19.5 Å². The molecule has 0 aliphatic carbocycles. The van der Waals surface area contributed by atoms with Gasteiger partial charge < -0.3 is 5.32 Å². The molecule has 0 unspecified atom stereocenters. The zero-order valence-electron chi connectivity index (χ0n) is 9.42. The summed E-state index contributed by atoms with van der Waals surface area (Å²) in [4.78, 5) is 0. The molecule has 0 saturated heterocycles. The van der Waals surface area contributed by atoms with Gasteiger partial charge in [-0.15, -0.1) is 11.3 Å². The van der Waals surface area contributed by atoms with E-state index < -0.39 is 0 Å². The highest BCUT2D eigenvalue weighted by molar-refractivity contribution is 7.17. The van der Waals surface area contributed by atoms with E-state index in [1.54, 1.807) is 0 Å². The maximum atomic E-state index is 3.36. The topological polar surface area (TPSA) is 12.0 Å². The van der Waals surface area contributed by atoms with Crippen molar-refractivity contribution in [3.05, 3.63) is 40.8 Å². The second-order valence-corrected chi connectivity index (χ2v) is 5.16. The molecule has 0 fully saturated rings. The van der Waals surface area contributed by atoms with Crippen molar-refractivity contribution in [1.82, 2.24) is 5.32 Å². The largest absolute Gasteiger partial charge is 0.313 e. The van der Waals surface area contributed by atoms with Crippen molar-refractivity contribution < 1.29 is 0 Å². The van der Waals surface area contributed by atoms with Crippen molar-refractivity contribution in [3.63, 3.8) is 0 Å². The highest BCUT2D eigenvalue weighted by atomic mass is 32.1. The lowest BCUT2D eigenvalue weighted by Gasteiger charge is -2.13. The molecule has 16 heavy (non-hydrogen) atoms. The summed E-state index contributed by atoms with van der Waals surface area (Å²) >= 11 is 1.87. The van der Waals surface area contributed by atoms with Crippen LogP contribution in [0, 0.1) is 6.92 Å². The van der Waals surface area contributed by atoms with Gasteiger partial charge in [-0.3, -0.25) is 0 Å². The van der Waals surface area contributed by atoms with E-state index in [-0.39, 0.29) is 0 Å². The fourth-order valence-corrected chi connectivity index (χ4v) is 3.39. The zero-order valence-corrected chi connectivity index (χ0v) is 10.2. The minimum absolute atomic E-state index is 1.01. The number of nitrogens with one attached hydrogen (secondary N) is 1. The minimum Gasteiger partial charge on any atom is -0.313 e. The Balaban J connectivity index is 2.17. The highest BCUT2D eigenvalue weighted by Gasteiger charge is 2.11. The number of aryl methyl sites for hydroxylation is 1. The van der Waals surface area contributed by atoms with Crippen LogP contribution in [0.25, 0.3) is 15.7 Å². The lowest BCUT2D eigenvalue weighted by Crippen LogP contribution is -2.19. The van der Waals surface area contributed by atoms with Gasteiger partial charge in [-0.2, -0.15) is 0 Å². The molecule has 2 heteroatoms. The molecule has 0 atom stereocenters. The van der Waals surface area contributed by atoms with Gasteiger partial charge in [-0.05, 0) is 42.0 Å². The fourth-order valence-electron chi connectivity index (χ4n) is 2.32. The van der Waals surface area contributed by atoms with Gasteiger partial charge in [-0.25, -0.2) is 0 Å². The number of benzene rings is 1. The molecule has 2 heterocycles. The molecule has 1 nitrogen and oxygen atoms in total. The van der Waals surface area contributed by atoms with Crippen molar-refractivity contribution in [2.24, 2.45) is 0 Å². The van der Waals surface area contributed by atoms with Crippen LogP contribution in [0.1, 0.15) is 17.5 Å². The Hall–Kier alpha value is -1.12. The summed E-state index contributed by atoms with van der Waals surface area (Å²) in [5.74, 6) is 0. The third kappa shape index (κ3) is 1.58. The molecule has 2 aromatic rings. The van der Waals surface area contributed by atoms with E-state index in [4.69, 9.17) is 0 Å². The van der Waals surface area contributed by atoms with Gasteiger partial charge in [0.2, 0.25) is 0 Å². The maximum absolute atomic E-state index is 3.36. The summed E-state index contributed by atoms with van der Waals surface area (Å²) in [6.45, 7) is 4.31. The molecule has 0 amide bonds. The highest BCUT2D eigenvalue weighted by Crippen LogP contribution is 2.34. The van der Waals surface area contributed by atoms with Gasteiger partial charge in [0, 0.05) is 16.6 Å². The summed E-state index contributed by atoms with van der Waals surface area (Å²) in [6.07, 6.45) is 3.48. The summed E-state index contributed by atoms with van der Waals surface area (Å²) in [7, 11) is 0. The first-order valence-electron chi connectivity index (χ1n) is 5.73. The van der Waals surface area contributed by atoms with Crippen LogP contribution >= 0.6 is 11.3 Å². The molecule has 1 aromatic carbocycles. The normalized spacial score (nSPS) is 16.4. The zero-order chi connectivity index (χ0) is 11.0. The summed E-state index contributed by atoms with van der Waals surface area (Å²) < 4.78 is 1.44. The predicted molar refractivity (Wildman–Crippen MR) is 72.0 cm³/mol. The number of thiophene rings is 1.